The predicted molar refractivity (Wildman–Crippen MR) is 61.4 cm³/mol. The van der Waals surface area contributed by atoms with Crippen molar-refractivity contribution >= 4 is 11.4 Å². The quantitative estimate of drug-likeness (QED) is 0.648. The smallest absolute Gasteiger partial charge is 0.165 e. The molecule has 0 N–H and O–H groups in total. The fraction of sp³-hybridized carbons (Fsp3) is 0.308. The molecule has 15 heavy (non-hydrogen) atoms. The molecule has 0 spiro atoms. The van der Waals surface area contributed by atoms with E-state index < -0.39 is 0 Å². The summed E-state index contributed by atoms with van der Waals surface area (Å²) in [5, 5.41) is 0. The first-order chi connectivity index (χ1) is 7.18. The normalized spacial score (nSPS) is 17.7. The molecule has 2 heteroatoms. The second-order valence-electron chi connectivity index (χ2n) is 4.09. The van der Waals surface area contributed by atoms with Gasteiger partial charge in [0.1, 0.15) is 0 Å². The van der Waals surface area contributed by atoms with Crippen LogP contribution < -0.4 is 0 Å². The average molecular weight is 201 g/mol. The molecule has 2 rings (SSSR count). The SMILES string of the molecule is CN(C)/C=C1/C(=O)CCc2ccccc21. The molecule has 1 aromatic carbocycles. The average Bonchev–Trinajstić information content (AvgIpc) is 2.22. The van der Waals surface area contributed by atoms with Crippen LogP contribution in [-0.4, -0.2) is 24.8 Å². The molecule has 0 amide bonds. The maximum atomic E-state index is 11.8. The third-order valence-electron chi connectivity index (χ3n) is 2.62. The number of nitrogens with zero attached hydrogens (tertiary/aromatic N) is 1. The van der Waals surface area contributed by atoms with Gasteiger partial charge >= 0.3 is 0 Å². The molecule has 0 aliphatic heterocycles. The van der Waals surface area contributed by atoms with Crippen molar-refractivity contribution in [3.63, 3.8) is 0 Å². The highest BCUT2D eigenvalue weighted by molar-refractivity contribution is 6.22. The number of carbonyl (C=O) groups is 1. The first kappa shape index (κ1) is 9.97. The van der Waals surface area contributed by atoms with Gasteiger partial charge < -0.3 is 4.90 Å². The molecular weight excluding hydrogens is 186 g/mol. The second-order valence-corrected chi connectivity index (χ2v) is 4.09. The van der Waals surface area contributed by atoms with Crippen LogP contribution in [0.5, 0.6) is 0 Å². The van der Waals surface area contributed by atoms with Crippen molar-refractivity contribution in [1.29, 1.82) is 0 Å². The molecule has 78 valence electrons. The van der Waals surface area contributed by atoms with Gasteiger partial charge in [0.2, 0.25) is 0 Å². The van der Waals surface area contributed by atoms with Gasteiger partial charge in [-0.1, -0.05) is 24.3 Å². The Hall–Kier alpha value is -1.57. The van der Waals surface area contributed by atoms with Gasteiger partial charge in [0, 0.05) is 32.3 Å². The third kappa shape index (κ3) is 1.94. The maximum absolute atomic E-state index is 11.8. The van der Waals surface area contributed by atoms with E-state index in [4.69, 9.17) is 0 Å². The van der Waals surface area contributed by atoms with Crippen molar-refractivity contribution in [1.82, 2.24) is 4.90 Å². The summed E-state index contributed by atoms with van der Waals surface area (Å²) in [4.78, 5) is 13.7. The molecule has 0 heterocycles. The lowest BCUT2D eigenvalue weighted by atomic mass is 9.87. The minimum Gasteiger partial charge on any atom is -0.383 e. The van der Waals surface area contributed by atoms with E-state index >= 15 is 0 Å². The zero-order valence-electron chi connectivity index (χ0n) is 9.16. The van der Waals surface area contributed by atoms with Crippen LogP contribution in [-0.2, 0) is 11.2 Å². The number of fused-ring (bicyclic) bond motifs is 1. The van der Waals surface area contributed by atoms with Crippen LogP contribution in [0.1, 0.15) is 17.5 Å². The standard InChI is InChI=1S/C13H15NO/c1-14(2)9-12-11-6-4-3-5-10(11)7-8-13(12)15/h3-6,9H,7-8H2,1-2H3/b12-9+. The largest absolute Gasteiger partial charge is 0.383 e. The molecule has 1 aromatic rings. The highest BCUT2D eigenvalue weighted by Crippen LogP contribution is 2.27. The Morgan fingerprint density at radius 2 is 1.93 bits per heavy atom. The second kappa shape index (κ2) is 3.89. The van der Waals surface area contributed by atoms with Gasteiger partial charge in [-0.05, 0) is 17.5 Å². The Kier molecular flexibility index (Phi) is 2.58. The van der Waals surface area contributed by atoms with Crippen molar-refractivity contribution < 1.29 is 4.79 Å². The third-order valence-corrected chi connectivity index (χ3v) is 2.62. The van der Waals surface area contributed by atoms with Gasteiger partial charge in [-0.15, -0.1) is 0 Å². The van der Waals surface area contributed by atoms with E-state index in [0.29, 0.717) is 6.42 Å². The number of carbonyl (C=O) groups excluding carboxylic acids is 1. The van der Waals surface area contributed by atoms with Crippen LogP contribution in [0.4, 0.5) is 0 Å². The van der Waals surface area contributed by atoms with E-state index in [1.165, 1.54) is 5.56 Å². The predicted octanol–water partition coefficient (Wildman–Crippen LogP) is 2.10. The van der Waals surface area contributed by atoms with Crippen LogP contribution >= 0.6 is 0 Å². The fourth-order valence-corrected chi connectivity index (χ4v) is 1.93. The highest BCUT2D eigenvalue weighted by atomic mass is 16.1. The van der Waals surface area contributed by atoms with Gasteiger partial charge in [-0.2, -0.15) is 0 Å². The zero-order chi connectivity index (χ0) is 10.8. The monoisotopic (exact) mass is 201 g/mol. The van der Waals surface area contributed by atoms with Crippen molar-refractivity contribution in [2.75, 3.05) is 14.1 Å². The number of Topliss-reactive ketones (excluding diaryl/α,β-unsaturated/α-hetero) is 1. The number of aryl methyl sites for hydroxylation is 1. The van der Waals surface area contributed by atoms with E-state index in [0.717, 1.165) is 17.6 Å². The van der Waals surface area contributed by atoms with Gasteiger partial charge in [0.15, 0.2) is 5.78 Å². The summed E-state index contributed by atoms with van der Waals surface area (Å²) >= 11 is 0. The molecule has 0 atom stereocenters. The summed E-state index contributed by atoms with van der Waals surface area (Å²) in [6.45, 7) is 0. The molecular formula is C13H15NO. The summed E-state index contributed by atoms with van der Waals surface area (Å²) in [7, 11) is 3.88. The summed E-state index contributed by atoms with van der Waals surface area (Å²) in [6, 6.07) is 8.15. The lowest BCUT2D eigenvalue weighted by Gasteiger charge is -2.19. The van der Waals surface area contributed by atoms with Crippen LogP contribution in [0, 0.1) is 0 Å². The Morgan fingerprint density at radius 1 is 1.20 bits per heavy atom. The fourth-order valence-electron chi connectivity index (χ4n) is 1.93. The Morgan fingerprint density at radius 3 is 2.67 bits per heavy atom. The number of hydrogen-bond acceptors (Lipinski definition) is 2. The summed E-state index contributed by atoms with van der Waals surface area (Å²) in [6.07, 6.45) is 3.43. The summed E-state index contributed by atoms with van der Waals surface area (Å²) < 4.78 is 0. The topological polar surface area (TPSA) is 20.3 Å². The van der Waals surface area contributed by atoms with Crippen LogP contribution in [0.15, 0.2) is 30.5 Å². The van der Waals surface area contributed by atoms with Gasteiger partial charge in [0.25, 0.3) is 0 Å². The number of allylic oxidation sites excluding steroid dienone is 1. The van der Waals surface area contributed by atoms with Crippen LogP contribution in [0.25, 0.3) is 5.57 Å². The van der Waals surface area contributed by atoms with Gasteiger partial charge in [-0.25, -0.2) is 0 Å². The van der Waals surface area contributed by atoms with Crippen molar-refractivity contribution in [3.05, 3.63) is 41.6 Å². The molecule has 0 saturated heterocycles. The van der Waals surface area contributed by atoms with Crippen molar-refractivity contribution in [2.45, 2.75) is 12.8 Å². The summed E-state index contributed by atoms with van der Waals surface area (Å²) in [5.74, 6) is 0.252. The molecule has 1 aliphatic carbocycles. The van der Waals surface area contributed by atoms with Gasteiger partial charge in [-0.3, -0.25) is 4.79 Å². The van der Waals surface area contributed by atoms with Crippen molar-refractivity contribution in [2.24, 2.45) is 0 Å². The van der Waals surface area contributed by atoms with Crippen LogP contribution in [0.3, 0.4) is 0 Å². The first-order valence-corrected chi connectivity index (χ1v) is 5.18. The molecule has 0 fully saturated rings. The number of hydrogen-bond donors (Lipinski definition) is 0. The molecule has 0 bridgehead atoms. The van der Waals surface area contributed by atoms with Crippen LogP contribution in [0.2, 0.25) is 0 Å². The number of ketones is 1. The summed E-state index contributed by atoms with van der Waals surface area (Å²) in [5.41, 5.74) is 3.23. The molecule has 1 aliphatic rings. The van der Waals surface area contributed by atoms with E-state index in [9.17, 15) is 4.79 Å². The molecule has 0 aromatic heterocycles. The lowest BCUT2D eigenvalue weighted by molar-refractivity contribution is -0.113. The zero-order valence-corrected chi connectivity index (χ0v) is 9.16. The molecule has 0 saturated carbocycles. The highest BCUT2D eigenvalue weighted by Gasteiger charge is 2.20. The van der Waals surface area contributed by atoms with E-state index in [2.05, 4.69) is 6.07 Å². The number of benzene rings is 1. The Bertz CT molecular complexity index is 418. The molecule has 0 unspecified atom stereocenters. The molecule has 0 radical (unpaired) electrons. The Labute approximate surface area is 90.2 Å². The van der Waals surface area contributed by atoms with Crippen molar-refractivity contribution in [3.8, 4) is 0 Å². The van der Waals surface area contributed by atoms with E-state index in [1.54, 1.807) is 0 Å². The maximum Gasteiger partial charge on any atom is 0.165 e. The minimum absolute atomic E-state index is 0.252. The lowest BCUT2D eigenvalue weighted by Crippen LogP contribution is -2.15. The minimum atomic E-state index is 0.252. The Balaban J connectivity index is 2.51. The first-order valence-electron chi connectivity index (χ1n) is 5.18. The van der Waals surface area contributed by atoms with Gasteiger partial charge in [0.05, 0.1) is 0 Å². The number of rotatable bonds is 1. The van der Waals surface area contributed by atoms with E-state index in [-0.39, 0.29) is 5.78 Å². The molecule has 2 nitrogen and oxygen atoms in total. The van der Waals surface area contributed by atoms with E-state index in [1.807, 2.05) is 43.4 Å².